The smallest absolute Gasteiger partial charge is 0.211 e. The third-order valence-electron chi connectivity index (χ3n) is 1.15. The molecule has 4 nitrogen and oxygen atoms in total. The van der Waals surface area contributed by atoms with Crippen LogP contribution in [0, 0.1) is 4.91 Å². The van der Waals surface area contributed by atoms with E-state index in [1.807, 2.05) is 0 Å². The van der Waals surface area contributed by atoms with Gasteiger partial charge < -0.3 is 0 Å². The number of isocyanates is 1. The summed E-state index contributed by atoms with van der Waals surface area (Å²) in [4.78, 5) is 23.1. The van der Waals surface area contributed by atoms with E-state index in [4.69, 9.17) is 0 Å². The summed E-state index contributed by atoms with van der Waals surface area (Å²) < 4.78 is 0. The van der Waals surface area contributed by atoms with Crippen molar-refractivity contribution < 1.29 is 4.79 Å². The fourth-order valence-corrected chi connectivity index (χ4v) is 0.685. The lowest BCUT2D eigenvalue weighted by Gasteiger charge is -1.90. The van der Waals surface area contributed by atoms with E-state index in [0.29, 0.717) is 0 Å². The molecule has 0 atom stereocenters. The monoisotopic (exact) mass is 148 g/mol. The van der Waals surface area contributed by atoms with Crippen molar-refractivity contribution in [3.8, 4) is 0 Å². The summed E-state index contributed by atoms with van der Waals surface area (Å²) in [5.74, 6) is 0. The van der Waals surface area contributed by atoms with Crippen molar-refractivity contribution in [2.24, 2.45) is 10.2 Å². The normalized spacial score (nSPS) is 8.36. The van der Waals surface area contributed by atoms with Gasteiger partial charge in [-0.2, -0.15) is 4.99 Å². The Labute approximate surface area is 62.5 Å². The molecule has 1 rings (SSSR count). The van der Waals surface area contributed by atoms with E-state index in [9.17, 15) is 9.70 Å². The first-order chi connectivity index (χ1) is 5.38. The number of nitroso groups, excluding NO2 is 1. The van der Waals surface area contributed by atoms with Crippen molar-refractivity contribution in [1.29, 1.82) is 0 Å². The van der Waals surface area contributed by atoms with E-state index in [1.165, 1.54) is 18.2 Å². The maximum Gasteiger partial charge on any atom is 0.240 e. The standard InChI is InChI=1S/C7H4N2O2/c10-5-8-6-3-1-2-4-7(6)9-11/h1-4H. The average molecular weight is 148 g/mol. The van der Waals surface area contributed by atoms with Gasteiger partial charge in [0.25, 0.3) is 0 Å². The topological polar surface area (TPSA) is 58.9 Å². The summed E-state index contributed by atoms with van der Waals surface area (Å²) in [7, 11) is 0. The second-order valence-electron chi connectivity index (χ2n) is 1.78. The van der Waals surface area contributed by atoms with Crippen LogP contribution in [0.3, 0.4) is 0 Å². The molecule has 0 fully saturated rings. The highest BCUT2D eigenvalue weighted by Gasteiger charge is 1.97. The molecule has 54 valence electrons. The summed E-state index contributed by atoms with van der Waals surface area (Å²) in [5.41, 5.74) is 0.397. The summed E-state index contributed by atoms with van der Waals surface area (Å²) in [6, 6.07) is 6.29. The van der Waals surface area contributed by atoms with Crippen molar-refractivity contribution >= 4 is 17.5 Å². The van der Waals surface area contributed by atoms with Gasteiger partial charge >= 0.3 is 0 Å². The summed E-state index contributed by atoms with van der Waals surface area (Å²) >= 11 is 0. The van der Waals surface area contributed by atoms with E-state index in [-0.39, 0.29) is 11.4 Å². The first kappa shape index (κ1) is 7.31. The molecule has 0 unspecified atom stereocenters. The Kier molecular flexibility index (Phi) is 2.25. The highest BCUT2D eigenvalue weighted by molar-refractivity contribution is 5.64. The number of hydrogen-bond acceptors (Lipinski definition) is 4. The van der Waals surface area contributed by atoms with Crippen LogP contribution in [0.2, 0.25) is 0 Å². The quantitative estimate of drug-likeness (QED) is 0.366. The number of hydrogen-bond donors (Lipinski definition) is 0. The van der Waals surface area contributed by atoms with E-state index < -0.39 is 0 Å². The maximum atomic E-state index is 10.1. The van der Waals surface area contributed by atoms with Crippen molar-refractivity contribution in [3.05, 3.63) is 29.2 Å². The van der Waals surface area contributed by atoms with Gasteiger partial charge in [-0.25, -0.2) is 4.79 Å². The predicted octanol–water partition coefficient (Wildman–Crippen LogP) is 2.05. The largest absolute Gasteiger partial charge is 0.240 e. The van der Waals surface area contributed by atoms with Crippen LogP contribution < -0.4 is 0 Å². The van der Waals surface area contributed by atoms with Crippen LogP contribution in [0.5, 0.6) is 0 Å². The van der Waals surface area contributed by atoms with Gasteiger partial charge in [0.1, 0.15) is 11.4 Å². The Balaban J connectivity index is 3.21. The summed E-state index contributed by atoms with van der Waals surface area (Å²) in [5, 5.41) is 2.67. The Bertz CT molecular complexity index is 316. The lowest BCUT2D eigenvalue weighted by Crippen LogP contribution is -1.64. The molecule has 0 amide bonds. The molecule has 0 saturated carbocycles. The molecule has 0 aromatic heterocycles. The fraction of sp³-hybridized carbons (Fsp3) is 0. The van der Waals surface area contributed by atoms with Crippen molar-refractivity contribution in [3.63, 3.8) is 0 Å². The van der Waals surface area contributed by atoms with Crippen LogP contribution in [-0.4, -0.2) is 6.08 Å². The third-order valence-corrected chi connectivity index (χ3v) is 1.15. The molecule has 0 spiro atoms. The van der Waals surface area contributed by atoms with Gasteiger partial charge in [0.15, 0.2) is 0 Å². The maximum absolute atomic E-state index is 10.1. The summed E-state index contributed by atoms with van der Waals surface area (Å²) in [6.45, 7) is 0. The van der Waals surface area contributed by atoms with E-state index >= 15 is 0 Å². The minimum Gasteiger partial charge on any atom is -0.211 e. The Morgan fingerprint density at radius 1 is 1.18 bits per heavy atom. The van der Waals surface area contributed by atoms with Gasteiger partial charge in [-0.1, -0.05) is 12.1 Å². The zero-order valence-electron chi connectivity index (χ0n) is 5.52. The molecule has 11 heavy (non-hydrogen) atoms. The molecule has 0 aliphatic rings. The fourth-order valence-electron chi connectivity index (χ4n) is 0.685. The Morgan fingerprint density at radius 2 is 1.82 bits per heavy atom. The molecule has 0 aliphatic carbocycles. The molecule has 1 aromatic carbocycles. The van der Waals surface area contributed by atoms with Gasteiger partial charge in [-0.15, -0.1) is 4.91 Å². The second-order valence-corrected chi connectivity index (χ2v) is 1.78. The summed E-state index contributed by atoms with van der Waals surface area (Å²) in [6.07, 6.45) is 1.33. The molecular formula is C7H4N2O2. The number of benzene rings is 1. The van der Waals surface area contributed by atoms with Gasteiger partial charge in [-0.3, -0.25) is 0 Å². The first-order valence-electron chi connectivity index (χ1n) is 2.88. The van der Waals surface area contributed by atoms with Gasteiger partial charge in [0, 0.05) is 0 Å². The van der Waals surface area contributed by atoms with E-state index in [1.54, 1.807) is 12.1 Å². The molecule has 0 saturated heterocycles. The number of rotatable bonds is 2. The average Bonchev–Trinajstić information content (AvgIpc) is 2.06. The van der Waals surface area contributed by atoms with E-state index in [2.05, 4.69) is 10.2 Å². The number of carbonyl (C=O) groups excluding carboxylic acids is 1. The van der Waals surface area contributed by atoms with Gasteiger partial charge in [0.2, 0.25) is 6.08 Å². The highest BCUT2D eigenvalue weighted by Crippen LogP contribution is 2.25. The van der Waals surface area contributed by atoms with Crippen LogP contribution in [0.25, 0.3) is 0 Å². The van der Waals surface area contributed by atoms with Crippen LogP contribution in [0.15, 0.2) is 34.4 Å². The van der Waals surface area contributed by atoms with Gasteiger partial charge in [-0.05, 0) is 17.3 Å². The Morgan fingerprint density at radius 3 is 2.36 bits per heavy atom. The number of aliphatic imine (C=N–C) groups is 1. The third kappa shape index (κ3) is 1.56. The van der Waals surface area contributed by atoms with Crippen LogP contribution >= 0.6 is 0 Å². The predicted molar refractivity (Wildman–Crippen MR) is 39.7 cm³/mol. The van der Waals surface area contributed by atoms with Crippen molar-refractivity contribution in [2.45, 2.75) is 0 Å². The highest BCUT2D eigenvalue weighted by atomic mass is 16.3. The molecule has 0 heterocycles. The first-order valence-corrected chi connectivity index (χ1v) is 2.88. The minimum atomic E-state index is 0.149. The van der Waals surface area contributed by atoms with E-state index in [0.717, 1.165) is 0 Å². The minimum absolute atomic E-state index is 0.149. The zero-order chi connectivity index (χ0) is 8.10. The zero-order valence-corrected chi connectivity index (χ0v) is 5.52. The Hall–Kier alpha value is -1.80. The van der Waals surface area contributed by atoms with Crippen molar-refractivity contribution in [2.75, 3.05) is 0 Å². The second kappa shape index (κ2) is 3.39. The van der Waals surface area contributed by atoms with Crippen LogP contribution in [0.4, 0.5) is 11.4 Å². The number of para-hydroxylation sites is 1. The lowest BCUT2D eigenvalue weighted by atomic mass is 10.3. The molecule has 0 bridgehead atoms. The van der Waals surface area contributed by atoms with Crippen LogP contribution in [-0.2, 0) is 4.79 Å². The molecule has 4 heteroatoms. The molecule has 0 aliphatic heterocycles. The molecular weight excluding hydrogens is 144 g/mol. The molecule has 1 aromatic rings. The van der Waals surface area contributed by atoms with Crippen LogP contribution in [0.1, 0.15) is 0 Å². The molecule has 0 radical (unpaired) electrons. The lowest BCUT2D eigenvalue weighted by molar-refractivity contribution is 0.565. The molecule has 0 N–H and O–H groups in total. The van der Waals surface area contributed by atoms with Crippen molar-refractivity contribution in [1.82, 2.24) is 0 Å². The van der Waals surface area contributed by atoms with Gasteiger partial charge in [0.05, 0.1) is 0 Å². The number of nitrogens with zero attached hydrogens (tertiary/aromatic N) is 2. The SMILES string of the molecule is O=C=Nc1ccccc1N=O.